The zero-order valence-electron chi connectivity index (χ0n) is 17.8. The molecule has 0 aliphatic carbocycles. The fraction of sp³-hybridized carbons (Fsp3) is 0.167. The summed E-state index contributed by atoms with van der Waals surface area (Å²) in [5.41, 5.74) is 2.94. The summed E-state index contributed by atoms with van der Waals surface area (Å²) in [6, 6.07) is 11.4. The predicted octanol–water partition coefficient (Wildman–Crippen LogP) is 4.10. The lowest BCUT2D eigenvalue weighted by atomic mass is 9.99. The number of rotatable bonds is 5. The molecule has 0 atom stereocenters. The second-order valence-electron chi connectivity index (χ2n) is 7.52. The molecular formula is C24H20FN5O2. The van der Waals surface area contributed by atoms with Crippen LogP contribution in [0.2, 0.25) is 0 Å². The van der Waals surface area contributed by atoms with Crippen molar-refractivity contribution in [2.24, 2.45) is 7.05 Å². The zero-order chi connectivity index (χ0) is 22.8. The molecule has 0 N–H and O–H groups in total. The van der Waals surface area contributed by atoms with Gasteiger partial charge in [0.2, 0.25) is 5.88 Å². The van der Waals surface area contributed by atoms with Crippen molar-refractivity contribution >= 4 is 0 Å². The number of benzene rings is 1. The largest absolute Gasteiger partial charge is 0.475 e. The van der Waals surface area contributed by atoms with Gasteiger partial charge in [0.05, 0.1) is 18.0 Å². The molecule has 0 unspecified atom stereocenters. The predicted molar refractivity (Wildman–Crippen MR) is 118 cm³/mol. The average molecular weight is 429 g/mol. The van der Waals surface area contributed by atoms with Crippen LogP contribution in [0.4, 0.5) is 4.39 Å². The second kappa shape index (κ2) is 8.47. The van der Waals surface area contributed by atoms with E-state index in [-0.39, 0.29) is 17.2 Å². The van der Waals surface area contributed by atoms with Crippen molar-refractivity contribution < 1.29 is 9.13 Å². The van der Waals surface area contributed by atoms with E-state index in [0.29, 0.717) is 22.7 Å². The first kappa shape index (κ1) is 21.0. The highest BCUT2D eigenvalue weighted by Gasteiger charge is 2.15. The van der Waals surface area contributed by atoms with Crippen LogP contribution in [0.5, 0.6) is 5.88 Å². The maximum absolute atomic E-state index is 14.0. The van der Waals surface area contributed by atoms with E-state index in [0.717, 1.165) is 11.1 Å². The van der Waals surface area contributed by atoms with E-state index in [1.165, 1.54) is 27.4 Å². The minimum Gasteiger partial charge on any atom is -0.475 e. The number of aryl methyl sites for hydroxylation is 1. The number of nitriles is 1. The van der Waals surface area contributed by atoms with E-state index < -0.39 is 5.82 Å². The van der Waals surface area contributed by atoms with Crippen molar-refractivity contribution in [3.63, 3.8) is 0 Å². The highest BCUT2D eigenvalue weighted by atomic mass is 19.1. The molecule has 0 amide bonds. The molecular weight excluding hydrogens is 409 g/mol. The van der Waals surface area contributed by atoms with Gasteiger partial charge in [-0.1, -0.05) is 6.07 Å². The molecule has 0 radical (unpaired) electrons. The second-order valence-corrected chi connectivity index (χ2v) is 7.52. The Morgan fingerprint density at radius 1 is 1.09 bits per heavy atom. The quantitative estimate of drug-likeness (QED) is 0.477. The lowest BCUT2D eigenvalue weighted by Crippen LogP contribution is -2.15. The van der Waals surface area contributed by atoms with E-state index in [1.54, 1.807) is 44.0 Å². The van der Waals surface area contributed by atoms with Crippen LogP contribution in [0.25, 0.3) is 27.9 Å². The summed E-state index contributed by atoms with van der Waals surface area (Å²) in [6.07, 6.45) is 6.68. The van der Waals surface area contributed by atoms with Crippen LogP contribution < -0.4 is 10.3 Å². The number of hydrogen-bond acceptors (Lipinski definition) is 5. The van der Waals surface area contributed by atoms with Gasteiger partial charge in [-0.15, -0.1) is 0 Å². The summed E-state index contributed by atoms with van der Waals surface area (Å²) < 4.78 is 22.6. The minimum absolute atomic E-state index is 0.0000980. The first-order valence-electron chi connectivity index (χ1n) is 9.95. The first-order chi connectivity index (χ1) is 15.4. The number of ether oxygens (including phenoxy) is 1. The number of nitrogens with zero attached hydrogens (tertiary/aromatic N) is 5. The van der Waals surface area contributed by atoms with Gasteiger partial charge >= 0.3 is 0 Å². The Balaban J connectivity index is 1.81. The molecule has 8 heteroatoms. The Hall–Kier alpha value is -4.25. The third-order valence-corrected chi connectivity index (χ3v) is 4.88. The molecule has 1 aromatic carbocycles. The zero-order valence-corrected chi connectivity index (χ0v) is 17.8. The van der Waals surface area contributed by atoms with Crippen LogP contribution in [0.15, 0.2) is 66.0 Å². The van der Waals surface area contributed by atoms with Crippen molar-refractivity contribution in [3.8, 4) is 39.9 Å². The third kappa shape index (κ3) is 4.01. The van der Waals surface area contributed by atoms with Crippen molar-refractivity contribution in [1.29, 1.82) is 5.26 Å². The fourth-order valence-electron chi connectivity index (χ4n) is 3.36. The first-order valence-corrected chi connectivity index (χ1v) is 9.95. The molecule has 4 rings (SSSR count). The Morgan fingerprint density at radius 2 is 1.91 bits per heavy atom. The summed E-state index contributed by atoms with van der Waals surface area (Å²) in [6.45, 7) is 3.84. The molecule has 0 fully saturated rings. The van der Waals surface area contributed by atoms with Gasteiger partial charge in [0.15, 0.2) is 0 Å². The van der Waals surface area contributed by atoms with E-state index in [9.17, 15) is 14.4 Å². The SMILES string of the molecule is CC(C)Oc1ccc(-c2cc(=O)n(C)cc2-c2cnn(-c3cccc(F)c3C#N)c2)cn1. The van der Waals surface area contributed by atoms with Crippen molar-refractivity contribution in [2.75, 3.05) is 0 Å². The van der Waals surface area contributed by atoms with E-state index in [1.807, 2.05) is 26.0 Å². The fourth-order valence-corrected chi connectivity index (χ4v) is 3.36. The van der Waals surface area contributed by atoms with Crippen LogP contribution in [-0.2, 0) is 7.05 Å². The van der Waals surface area contributed by atoms with Crippen LogP contribution in [-0.4, -0.2) is 25.4 Å². The van der Waals surface area contributed by atoms with Crippen LogP contribution in [0.3, 0.4) is 0 Å². The lowest BCUT2D eigenvalue weighted by molar-refractivity contribution is 0.232. The Kier molecular flexibility index (Phi) is 5.56. The number of hydrogen-bond donors (Lipinski definition) is 0. The van der Waals surface area contributed by atoms with Gasteiger partial charge in [0, 0.05) is 54.5 Å². The number of halogens is 1. The molecule has 7 nitrogen and oxygen atoms in total. The van der Waals surface area contributed by atoms with E-state index in [2.05, 4.69) is 10.1 Å². The minimum atomic E-state index is -0.611. The molecule has 0 aliphatic rings. The molecule has 0 saturated carbocycles. The van der Waals surface area contributed by atoms with Crippen LogP contribution in [0.1, 0.15) is 19.4 Å². The molecule has 160 valence electrons. The number of pyridine rings is 2. The molecule has 0 spiro atoms. The smallest absolute Gasteiger partial charge is 0.250 e. The normalized spacial score (nSPS) is 10.9. The van der Waals surface area contributed by atoms with Crippen molar-refractivity contribution in [2.45, 2.75) is 20.0 Å². The molecule has 3 aromatic heterocycles. The van der Waals surface area contributed by atoms with Gasteiger partial charge in [-0.3, -0.25) is 4.79 Å². The van der Waals surface area contributed by atoms with Gasteiger partial charge in [0.25, 0.3) is 5.56 Å². The van der Waals surface area contributed by atoms with E-state index >= 15 is 0 Å². The maximum atomic E-state index is 14.0. The standard InChI is InChI=1S/C24H20FN5O2/c1-15(2)32-23-8-7-16(11-27-23)18-9-24(31)29(3)14-20(18)17-12-28-30(13-17)22-6-4-5-21(25)19(22)10-26/h4-9,11-15H,1-3H3. The van der Waals surface area contributed by atoms with Gasteiger partial charge < -0.3 is 9.30 Å². The van der Waals surface area contributed by atoms with Gasteiger partial charge in [-0.25, -0.2) is 14.1 Å². The summed E-state index contributed by atoms with van der Waals surface area (Å²) in [5, 5.41) is 13.7. The average Bonchev–Trinajstić information content (AvgIpc) is 3.25. The third-order valence-electron chi connectivity index (χ3n) is 4.88. The molecule has 0 aliphatic heterocycles. The summed E-state index contributed by atoms with van der Waals surface area (Å²) >= 11 is 0. The van der Waals surface area contributed by atoms with Gasteiger partial charge in [-0.05, 0) is 37.6 Å². The van der Waals surface area contributed by atoms with E-state index in [4.69, 9.17) is 4.74 Å². The van der Waals surface area contributed by atoms with Gasteiger partial charge in [-0.2, -0.15) is 10.4 Å². The van der Waals surface area contributed by atoms with Gasteiger partial charge in [0.1, 0.15) is 17.4 Å². The molecule has 0 saturated heterocycles. The Morgan fingerprint density at radius 3 is 2.59 bits per heavy atom. The maximum Gasteiger partial charge on any atom is 0.250 e. The lowest BCUT2D eigenvalue weighted by Gasteiger charge is -2.12. The molecule has 4 aromatic rings. The monoisotopic (exact) mass is 429 g/mol. The van der Waals surface area contributed by atoms with Crippen molar-refractivity contribution in [3.05, 3.63) is 82.9 Å². The summed E-state index contributed by atoms with van der Waals surface area (Å²) in [5.74, 6) is -0.114. The molecule has 32 heavy (non-hydrogen) atoms. The molecule has 3 heterocycles. The van der Waals surface area contributed by atoms with Crippen molar-refractivity contribution in [1.82, 2.24) is 19.3 Å². The Bertz CT molecular complexity index is 1380. The topological polar surface area (TPSA) is 85.7 Å². The summed E-state index contributed by atoms with van der Waals surface area (Å²) in [7, 11) is 1.66. The summed E-state index contributed by atoms with van der Waals surface area (Å²) in [4.78, 5) is 16.7. The van der Waals surface area contributed by atoms with Crippen LogP contribution >= 0.6 is 0 Å². The Labute approximate surface area is 184 Å². The number of aromatic nitrogens is 4. The highest BCUT2D eigenvalue weighted by Crippen LogP contribution is 2.31. The highest BCUT2D eigenvalue weighted by molar-refractivity contribution is 5.82. The van der Waals surface area contributed by atoms with Crippen LogP contribution in [0, 0.1) is 17.1 Å². The molecule has 0 bridgehead atoms.